The van der Waals surface area contributed by atoms with Crippen molar-refractivity contribution in [1.82, 2.24) is 9.55 Å². The molecule has 0 amide bonds. The topological polar surface area (TPSA) is 73.6 Å². The highest BCUT2D eigenvalue weighted by Crippen LogP contribution is 2.27. The number of hydrogen-bond donors (Lipinski definition) is 1. The Kier molecular flexibility index (Phi) is 5.34. The van der Waals surface area contributed by atoms with Crippen LogP contribution >= 0.6 is 0 Å². The second-order valence-electron chi connectivity index (χ2n) is 6.15. The van der Waals surface area contributed by atoms with Crippen molar-refractivity contribution in [1.29, 1.82) is 0 Å². The third-order valence-electron chi connectivity index (χ3n) is 4.51. The van der Waals surface area contributed by atoms with E-state index in [1.165, 1.54) is 23.0 Å². The lowest BCUT2D eigenvalue weighted by molar-refractivity contribution is -0.0247. The predicted molar refractivity (Wildman–Crippen MR) is 88.7 cm³/mol. The summed E-state index contributed by atoms with van der Waals surface area (Å²) in [5.74, 6) is 2.70. The van der Waals surface area contributed by atoms with Crippen LogP contribution in [-0.4, -0.2) is 34.0 Å². The number of ether oxygens (including phenoxy) is 2. The van der Waals surface area contributed by atoms with Gasteiger partial charge >= 0.3 is 5.69 Å². The van der Waals surface area contributed by atoms with Gasteiger partial charge in [0.05, 0.1) is 12.7 Å². The summed E-state index contributed by atoms with van der Waals surface area (Å²) in [5.41, 5.74) is 1.36. The third-order valence-corrected chi connectivity index (χ3v) is 4.51. The summed E-state index contributed by atoms with van der Waals surface area (Å²) >= 11 is 0. The van der Waals surface area contributed by atoms with E-state index in [1.54, 1.807) is 6.20 Å². The smallest absolute Gasteiger partial charge is 0.353 e. The Morgan fingerprint density at radius 2 is 2.25 bits per heavy atom. The molecule has 6 heteroatoms. The lowest BCUT2D eigenvalue weighted by atomic mass is 10.2. The van der Waals surface area contributed by atoms with Crippen LogP contribution in [0, 0.1) is 12.3 Å². The van der Waals surface area contributed by atoms with Crippen molar-refractivity contribution in [3.05, 3.63) is 33.9 Å². The number of hydrogen-bond acceptors (Lipinski definition) is 5. The van der Waals surface area contributed by atoms with E-state index in [2.05, 4.69) is 10.9 Å². The van der Waals surface area contributed by atoms with Crippen LogP contribution in [-0.2, 0) is 4.74 Å². The summed E-state index contributed by atoms with van der Waals surface area (Å²) < 4.78 is 12.6. The van der Waals surface area contributed by atoms with Crippen LogP contribution in [0.25, 0.3) is 0 Å². The van der Waals surface area contributed by atoms with Gasteiger partial charge in [-0.3, -0.25) is 4.57 Å². The van der Waals surface area contributed by atoms with Gasteiger partial charge in [0.2, 0.25) is 5.88 Å². The van der Waals surface area contributed by atoms with E-state index in [9.17, 15) is 4.79 Å². The van der Waals surface area contributed by atoms with Gasteiger partial charge in [-0.2, -0.15) is 4.98 Å². The summed E-state index contributed by atoms with van der Waals surface area (Å²) in [6, 6.07) is 0. The molecule has 2 heterocycles. The summed E-state index contributed by atoms with van der Waals surface area (Å²) in [5, 5.41) is 9.15. The quantitative estimate of drug-likeness (QED) is 0.658. The molecule has 1 saturated carbocycles. The van der Waals surface area contributed by atoms with Gasteiger partial charge in [-0.05, 0) is 44.6 Å². The predicted octanol–water partition coefficient (Wildman–Crippen LogP) is 1.77. The maximum atomic E-state index is 12.3. The number of terminal acetylenes is 1. The molecular formula is C18H22N2O4. The summed E-state index contributed by atoms with van der Waals surface area (Å²) in [4.78, 5) is 16.2. The van der Waals surface area contributed by atoms with Crippen molar-refractivity contribution in [3.63, 3.8) is 0 Å². The van der Waals surface area contributed by atoms with Gasteiger partial charge in [-0.1, -0.05) is 11.5 Å². The van der Waals surface area contributed by atoms with Crippen LogP contribution in [0.15, 0.2) is 22.6 Å². The molecule has 128 valence electrons. The minimum absolute atomic E-state index is 0.0590. The molecule has 0 spiro atoms. The van der Waals surface area contributed by atoms with E-state index in [1.807, 2.05) is 6.08 Å². The van der Waals surface area contributed by atoms with E-state index < -0.39 is 11.9 Å². The van der Waals surface area contributed by atoms with E-state index >= 15 is 0 Å². The number of aliphatic hydroxyl groups is 1. The van der Waals surface area contributed by atoms with Gasteiger partial charge in [0.25, 0.3) is 0 Å². The van der Waals surface area contributed by atoms with Crippen molar-refractivity contribution >= 4 is 0 Å². The van der Waals surface area contributed by atoms with Crippen molar-refractivity contribution in [2.45, 2.75) is 50.9 Å². The molecule has 0 radical (unpaired) electrons. The van der Waals surface area contributed by atoms with Gasteiger partial charge in [-0.15, -0.1) is 6.42 Å². The standard InChI is InChI=1S/C18H22N2O4/c1-2-14-11-20(16-8-7-15(12-21)24-16)18(22)19-17(14)23-10-9-13-5-3-4-6-13/h1,9,11,15-16,21H,3-8,10,12H2. The highest BCUT2D eigenvalue weighted by molar-refractivity contribution is 5.38. The van der Waals surface area contributed by atoms with E-state index in [4.69, 9.17) is 21.0 Å². The maximum Gasteiger partial charge on any atom is 0.353 e. The normalized spacial score (nSPS) is 23.2. The Balaban J connectivity index is 1.74. The van der Waals surface area contributed by atoms with Gasteiger partial charge in [0.1, 0.15) is 18.4 Å². The Labute approximate surface area is 141 Å². The first-order valence-electron chi connectivity index (χ1n) is 8.38. The fourth-order valence-corrected chi connectivity index (χ4v) is 3.17. The zero-order valence-corrected chi connectivity index (χ0v) is 13.6. The number of aliphatic hydroxyl groups excluding tert-OH is 1. The largest absolute Gasteiger partial charge is 0.472 e. The molecule has 1 aliphatic heterocycles. The van der Waals surface area contributed by atoms with Crippen LogP contribution in [0.4, 0.5) is 0 Å². The molecule has 0 bridgehead atoms. The van der Waals surface area contributed by atoms with Crippen molar-refractivity contribution in [3.8, 4) is 18.2 Å². The SMILES string of the molecule is C#Cc1cn(C2CCC(CO)O2)c(=O)nc1OCC=C1CCCC1. The van der Waals surface area contributed by atoms with Crippen LogP contribution in [0.2, 0.25) is 0 Å². The van der Waals surface area contributed by atoms with E-state index in [-0.39, 0.29) is 18.6 Å². The molecule has 0 aromatic carbocycles. The molecule has 6 nitrogen and oxygen atoms in total. The zero-order chi connectivity index (χ0) is 16.9. The highest BCUT2D eigenvalue weighted by Gasteiger charge is 2.27. The first kappa shape index (κ1) is 16.7. The Hall–Kier alpha value is -2.10. The van der Waals surface area contributed by atoms with Crippen molar-refractivity contribution < 1.29 is 14.6 Å². The molecule has 1 aliphatic carbocycles. The summed E-state index contributed by atoms with van der Waals surface area (Å²) in [6.45, 7) is 0.309. The molecule has 1 aromatic rings. The minimum Gasteiger partial charge on any atom is -0.472 e. The molecule has 2 aliphatic rings. The minimum atomic E-state index is -0.457. The van der Waals surface area contributed by atoms with E-state index in [0.29, 0.717) is 25.0 Å². The van der Waals surface area contributed by atoms with Crippen molar-refractivity contribution in [2.75, 3.05) is 13.2 Å². The Bertz CT molecular complexity index is 709. The molecule has 1 saturated heterocycles. The van der Waals surface area contributed by atoms with Gasteiger partial charge in [0.15, 0.2) is 0 Å². The van der Waals surface area contributed by atoms with Crippen LogP contribution in [0.3, 0.4) is 0 Å². The average Bonchev–Trinajstić information content (AvgIpc) is 3.26. The van der Waals surface area contributed by atoms with Crippen LogP contribution in [0.5, 0.6) is 5.88 Å². The lowest BCUT2D eigenvalue weighted by Crippen LogP contribution is -2.28. The second kappa shape index (κ2) is 7.65. The fourth-order valence-electron chi connectivity index (χ4n) is 3.17. The van der Waals surface area contributed by atoms with Gasteiger partial charge < -0.3 is 14.6 Å². The molecule has 2 unspecified atom stereocenters. The number of nitrogens with zero attached hydrogens (tertiary/aromatic N) is 2. The first-order chi connectivity index (χ1) is 11.7. The number of rotatable bonds is 5. The Morgan fingerprint density at radius 3 is 2.92 bits per heavy atom. The Morgan fingerprint density at radius 1 is 1.46 bits per heavy atom. The number of aromatic nitrogens is 2. The lowest BCUT2D eigenvalue weighted by Gasteiger charge is -2.16. The summed E-state index contributed by atoms with van der Waals surface area (Å²) in [7, 11) is 0. The van der Waals surface area contributed by atoms with Crippen LogP contribution in [0.1, 0.15) is 50.3 Å². The van der Waals surface area contributed by atoms with Crippen molar-refractivity contribution in [2.24, 2.45) is 0 Å². The van der Waals surface area contributed by atoms with E-state index in [0.717, 1.165) is 12.8 Å². The number of allylic oxidation sites excluding steroid dienone is 1. The molecule has 24 heavy (non-hydrogen) atoms. The molecular weight excluding hydrogens is 308 g/mol. The fraction of sp³-hybridized carbons (Fsp3) is 0.556. The average molecular weight is 330 g/mol. The monoisotopic (exact) mass is 330 g/mol. The summed E-state index contributed by atoms with van der Waals surface area (Å²) in [6.07, 6.45) is 14.5. The highest BCUT2D eigenvalue weighted by atomic mass is 16.5. The molecule has 1 N–H and O–H groups in total. The first-order valence-corrected chi connectivity index (χ1v) is 8.38. The van der Waals surface area contributed by atoms with Crippen LogP contribution < -0.4 is 10.4 Å². The molecule has 2 atom stereocenters. The molecule has 1 aromatic heterocycles. The molecule has 2 fully saturated rings. The van der Waals surface area contributed by atoms with Gasteiger partial charge in [-0.25, -0.2) is 4.79 Å². The zero-order valence-electron chi connectivity index (χ0n) is 13.6. The van der Waals surface area contributed by atoms with Gasteiger partial charge in [0, 0.05) is 6.20 Å². The third kappa shape index (κ3) is 3.69. The molecule has 3 rings (SSSR count). The maximum absolute atomic E-state index is 12.3. The second-order valence-corrected chi connectivity index (χ2v) is 6.15.